The van der Waals surface area contributed by atoms with Crippen LogP contribution in [-0.2, 0) is 16.6 Å². The summed E-state index contributed by atoms with van der Waals surface area (Å²) < 4.78 is 40.7. The van der Waals surface area contributed by atoms with Crippen molar-refractivity contribution in [2.45, 2.75) is 18.6 Å². The summed E-state index contributed by atoms with van der Waals surface area (Å²) in [6.45, 7) is 1.93. The lowest BCUT2D eigenvalue weighted by molar-refractivity contribution is 0.419. The molecule has 1 aromatic heterocycles. The Balaban J connectivity index is 2.13. The van der Waals surface area contributed by atoms with Crippen molar-refractivity contribution in [2.75, 3.05) is 5.32 Å². The smallest absolute Gasteiger partial charge is 0.271 e. The molecule has 0 unspecified atom stereocenters. The van der Waals surface area contributed by atoms with Crippen LogP contribution in [0.15, 0.2) is 39.8 Å². The zero-order chi connectivity index (χ0) is 14.0. The molecule has 0 bridgehead atoms. The zero-order valence-electron chi connectivity index (χ0n) is 10.2. The van der Waals surface area contributed by atoms with Crippen molar-refractivity contribution in [3.63, 3.8) is 0 Å². The Kier molecular flexibility index (Phi) is 3.59. The Morgan fingerprint density at radius 3 is 2.63 bits per heavy atom. The Morgan fingerprint density at radius 2 is 2.05 bits per heavy atom. The maximum atomic E-state index is 13.5. The van der Waals surface area contributed by atoms with Gasteiger partial charge in [0, 0.05) is 0 Å². The minimum atomic E-state index is -3.85. The van der Waals surface area contributed by atoms with Crippen LogP contribution in [0.5, 0.6) is 0 Å². The van der Waals surface area contributed by atoms with Crippen LogP contribution < -0.4 is 10.5 Å². The van der Waals surface area contributed by atoms with E-state index in [0.29, 0.717) is 11.4 Å². The summed E-state index contributed by atoms with van der Waals surface area (Å²) in [6, 6.07) is 7.46. The average molecular weight is 284 g/mol. The average Bonchev–Trinajstić information content (AvgIpc) is 2.77. The number of hydrogen-bond donors (Lipinski definition) is 2. The third-order valence-electron chi connectivity index (χ3n) is 2.58. The highest BCUT2D eigenvalue weighted by Gasteiger charge is 2.13. The van der Waals surface area contributed by atoms with Crippen molar-refractivity contribution >= 4 is 15.7 Å². The molecule has 2 rings (SSSR count). The fourth-order valence-corrected chi connectivity index (χ4v) is 2.12. The van der Waals surface area contributed by atoms with E-state index in [-0.39, 0.29) is 17.5 Å². The normalized spacial score (nSPS) is 11.5. The van der Waals surface area contributed by atoms with Gasteiger partial charge in [-0.2, -0.15) is 0 Å². The van der Waals surface area contributed by atoms with Crippen molar-refractivity contribution in [3.05, 3.63) is 47.5 Å². The molecule has 1 aromatic carbocycles. The molecular formula is C12H13FN2O3S. The van der Waals surface area contributed by atoms with Gasteiger partial charge in [0.25, 0.3) is 10.0 Å². The summed E-state index contributed by atoms with van der Waals surface area (Å²) in [5.41, 5.74) is 1.11. The summed E-state index contributed by atoms with van der Waals surface area (Å²) in [4.78, 5) is 0. The molecule has 0 aliphatic carbocycles. The van der Waals surface area contributed by atoms with Gasteiger partial charge in [-0.15, -0.1) is 0 Å². The molecule has 0 radical (unpaired) electrons. The summed E-state index contributed by atoms with van der Waals surface area (Å²) in [7, 11) is -3.85. The standard InChI is InChI=1S/C12H13FN2O3S/c1-8-3-2-4-10(13)12(8)15-7-9-5-6-11(18-9)19(14,16)17/h2-6,15H,7H2,1H3,(H2,14,16,17). The maximum Gasteiger partial charge on any atom is 0.271 e. The van der Waals surface area contributed by atoms with Crippen molar-refractivity contribution in [1.29, 1.82) is 0 Å². The number of furan rings is 1. The van der Waals surface area contributed by atoms with Crippen LogP contribution in [-0.4, -0.2) is 8.42 Å². The topological polar surface area (TPSA) is 85.3 Å². The molecule has 0 aliphatic rings. The van der Waals surface area contributed by atoms with E-state index >= 15 is 0 Å². The molecule has 3 N–H and O–H groups in total. The first-order valence-corrected chi connectivity index (χ1v) is 7.03. The van der Waals surface area contributed by atoms with E-state index in [1.165, 1.54) is 18.2 Å². The summed E-state index contributed by atoms with van der Waals surface area (Å²) in [5, 5.41) is 7.47. The first-order valence-electron chi connectivity index (χ1n) is 5.48. The number of rotatable bonds is 4. The van der Waals surface area contributed by atoms with Crippen molar-refractivity contribution in [1.82, 2.24) is 0 Å². The fraction of sp³-hybridized carbons (Fsp3) is 0.167. The van der Waals surface area contributed by atoms with Crippen LogP contribution >= 0.6 is 0 Å². The van der Waals surface area contributed by atoms with Crippen LogP contribution in [0.4, 0.5) is 10.1 Å². The van der Waals surface area contributed by atoms with Gasteiger partial charge in [0.2, 0.25) is 5.09 Å². The van der Waals surface area contributed by atoms with Gasteiger partial charge in [-0.25, -0.2) is 17.9 Å². The number of para-hydroxylation sites is 1. The second kappa shape index (κ2) is 5.02. The highest BCUT2D eigenvalue weighted by Crippen LogP contribution is 2.20. The lowest BCUT2D eigenvalue weighted by Gasteiger charge is -2.08. The first kappa shape index (κ1) is 13.6. The van der Waals surface area contributed by atoms with Gasteiger partial charge in [0.15, 0.2) is 0 Å². The highest BCUT2D eigenvalue weighted by atomic mass is 32.2. The Bertz CT molecular complexity index is 675. The van der Waals surface area contributed by atoms with E-state index in [1.54, 1.807) is 19.1 Å². The fourth-order valence-electron chi connectivity index (χ4n) is 1.64. The molecule has 0 amide bonds. The lowest BCUT2D eigenvalue weighted by Crippen LogP contribution is -2.10. The number of primary sulfonamides is 1. The molecule has 5 nitrogen and oxygen atoms in total. The Morgan fingerprint density at radius 1 is 1.32 bits per heavy atom. The third kappa shape index (κ3) is 3.12. The van der Waals surface area contributed by atoms with E-state index < -0.39 is 10.0 Å². The van der Waals surface area contributed by atoms with Crippen LogP contribution in [0.2, 0.25) is 0 Å². The molecule has 0 spiro atoms. The first-order chi connectivity index (χ1) is 8.88. The molecule has 0 saturated heterocycles. The van der Waals surface area contributed by atoms with Crippen molar-refractivity contribution in [2.24, 2.45) is 5.14 Å². The van der Waals surface area contributed by atoms with E-state index in [2.05, 4.69) is 5.32 Å². The minimum absolute atomic E-state index is 0.164. The quantitative estimate of drug-likeness (QED) is 0.899. The predicted octanol–water partition coefficient (Wildman–Crippen LogP) is 1.99. The van der Waals surface area contributed by atoms with Crippen molar-refractivity contribution < 1.29 is 17.2 Å². The minimum Gasteiger partial charge on any atom is -0.446 e. The van der Waals surface area contributed by atoms with E-state index in [4.69, 9.17) is 9.56 Å². The van der Waals surface area contributed by atoms with Gasteiger partial charge in [-0.3, -0.25) is 0 Å². The molecular weight excluding hydrogens is 271 g/mol. The number of benzene rings is 1. The third-order valence-corrected chi connectivity index (χ3v) is 3.36. The molecule has 1 heterocycles. The van der Waals surface area contributed by atoms with Crippen LogP contribution in [0.25, 0.3) is 0 Å². The number of halogens is 1. The molecule has 0 atom stereocenters. The lowest BCUT2D eigenvalue weighted by atomic mass is 10.2. The SMILES string of the molecule is Cc1cccc(F)c1NCc1ccc(S(N)(=O)=O)o1. The van der Waals surface area contributed by atoms with Gasteiger partial charge in [-0.05, 0) is 30.7 Å². The van der Waals surface area contributed by atoms with Gasteiger partial charge >= 0.3 is 0 Å². The predicted molar refractivity (Wildman–Crippen MR) is 68.5 cm³/mol. The highest BCUT2D eigenvalue weighted by molar-refractivity contribution is 7.89. The number of nitrogens with two attached hydrogens (primary N) is 1. The van der Waals surface area contributed by atoms with Gasteiger partial charge in [0.1, 0.15) is 11.6 Å². The maximum absolute atomic E-state index is 13.5. The zero-order valence-corrected chi connectivity index (χ0v) is 11.0. The number of sulfonamides is 1. The van der Waals surface area contributed by atoms with Crippen LogP contribution in [0.3, 0.4) is 0 Å². The van der Waals surface area contributed by atoms with Gasteiger partial charge in [-0.1, -0.05) is 12.1 Å². The number of hydrogen-bond acceptors (Lipinski definition) is 4. The van der Waals surface area contributed by atoms with Gasteiger partial charge < -0.3 is 9.73 Å². The molecule has 7 heteroatoms. The molecule has 2 aromatic rings. The molecule has 0 fully saturated rings. The Labute approximate surface area is 110 Å². The summed E-state index contributed by atoms with van der Waals surface area (Å²) in [5.74, 6) is -0.0232. The molecule has 0 aliphatic heterocycles. The van der Waals surface area contributed by atoms with Crippen LogP contribution in [0.1, 0.15) is 11.3 Å². The second-order valence-electron chi connectivity index (χ2n) is 4.05. The molecule has 0 saturated carbocycles. The summed E-state index contributed by atoms with van der Waals surface area (Å²) in [6.07, 6.45) is 0. The van der Waals surface area contributed by atoms with E-state index in [1.807, 2.05) is 0 Å². The number of aryl methyl sites for hydroxylation is 1. The monoisotopic (exact) mass is 284 g/mol. The summed E-state index contributed by atoms with van der Waals surface area (Å²) >= 11 is 0. The Hall–Kier alpha value is -1.86. The largest absolute Gasteiger partial charge is 0.446 e. The number of nitrogens with one attached hydrogen (secondary N) is 1. The van der Waals surface area contributed by atoms with Gasteiger partial charge in [0.05, 0.1) is 12.2 Å². The number of anilines is 1. The second-order valence-corrected chi connectivity index (χ2v) is 5.54. The molecule has 19 heavy (non-hydrogen) atoms. The molecule has 102 valence electrons. The van der Waals surface area contributed by atoms with Crippen molar-refractivity contribution in [3.8, 4) is 0 Å². The van der Waals surface area contributed by atoms with E-state index in [9.17, 15) is 12.8 Å². The van der Waals surface area contributed by atoms with E-state index in [0.717, 1.165) is 5.56 Å². The van der Waals surface area contributed by atoms with Crippen LogP contribution in [0, 0.1) is 12.7 Å².